The summed E-state index contributed by atoms with van der Waals surface area (Å²) in [7, 11) is 0. The molecule has 0 fully saturated rings. The van der Waals surface area contributed by atoms with Gasteiger partial charge in [-0.1, -0.05) is 30.3 Å². The van der Waals surface area contributed by atoms with E-state index in [0.717, 1.165) is 5.56 Å². The fourth-order valence-electron chi connectivity index (χ4n) is 1.98. The standard InChI is InChI=1S/C13H12N4O2/c18-11(9-4-2-1-3-5-9)7-17-12-10(6-16-17)13(19)15-8-14-12/h1-6,8,11,18H,7H2,(H,14,15,19). The van der Waals surface area contributed by atoms with Crippen molar-refractivity contribution in [2.24, 2.45) is 0 Å². The van der Waals surface area contributed by atoms with Crippen LogP contribution < -0.4 is 5.56 Å². The maximum Gasteiger partial charge on any atom is 0.261 e. The third kappa shape index (κ3) is 2.13. The van der Waals surface area contributed by atoms with Crippen LogP contribution >= 0.6 is 0 Å². The summed E-state index contributed by atoms with van der Waals surface area (Å²) < 4.78 is 1.53. The molecule has 0 aliphatic rings. The second-order valence-corrected chi connectivity index (χ2v) is 4.22. The zero-order valence-corrected chi connectivity index (χ0v) is 10.0. The number of aliphatic hydroxyl groups is 1. The molecule has 0 radical (unpaired) electrons. The van der Waals surface area contributed by atoms with Crippen molar-refractivity contribution >= 4 is 11.0 Å². The molecule has 19 heavy (non-hydrogen) atoms. The van der Waals surface area contributed by atoms with Gasteiger partial charge in [-0.15, -0.1) is 0 Å². The van der Waals surface area contributed by atoms with Crippen molar-refractivity contribution in [3.8, 4) is 0 Å². The van der Waals surface area contributed by atoms with Gasteiger partial charge in [0.05, 0.1) is 25.2 Å². The molecule has 2 aromatic heterocycles. The molecule has 1 unspecified atom stereocenters. The van der Waals surface area contributed by atoms with Gasteiger partial charge >= 0.3 is 0 Å². The topological polar surface area (TPSA) is 83.8 Å². The minimum Gasteiger partial charge on any atom is -0.386 e. The highest BCUT2D eigenvalue weighted by molar-refractivity contribution is 5.72. The molecule has 0 aliphatic carbocycles. The quantitative estimate of drug-likeness (QED) is 0.727. The zero-order chi connectivity index (χ0) is 13.2. The molecule has 1 atom stereocenters. The monoisotopic (exact) mass is 256 g/mol. The summed E-state index contributed by atoms with van der Waals surface area (Å²) in [5, 5.41) is 14.7. The number of aromatic nitrogens is 4. The third-order valence-corrected chi connectivity index (χ3v) is 2.97. The lowest BCUT2D eigenvalue weighted by Crippen LogP contribution is -2.12. The summed E-state index contributed by atoms with van der Waals surface area (Å²) in [6.07, 6.45) is 2.10. The average Bonchev–Trinajstić information content (AvgIpc) is 2.84. The first kappa shape index (κ1) is 11.6. The second kappa shape index (κ2) is 4.66. The molecule has 1 aromatic carbocycles. The van der Waals surface area contributed by atoms with Crippen LogP contribution in [0.1, 0.15) is 11.7 Å². The summed E-state index contributed by atoms with van der Waals surface area (Å²) in [6, 6.07) is 9.30. The number of hydrogen-bond donors (Lipinski definition) is 2. The molecule has 0 bridgehead atoms. The van der Waals surface area contributed by atoms with E-state index in [-0.39, 0.29) is 12.1 Å². The fourth-order valence-corrected chi connectivity index (χ4v) is 1.98. The molecule has 6 nitrogen and oxygen atoms in total. The largest absolute Gasteiger partial charge is 0.386 e. The molecule has 0 aliphatic heterocycles. The summed E-state index contributed by atoms with van der Waals surface area (Å²) in [4.78, 5) is 18.1. The van der Waals surface area contributed by atoms with Crippen molar-refractivity contribution in [3.05, 3.63) is 58.8 Å². The van der Waals surface area contributed by atoms with Gasteiger partial charge in [-0.3, -0.25) is 4.79 Å². The van der Waals surface area contributed by atoms with Crippen LogP contribution in [0, 0.1) is 0 Å². The third-order valence-electron chi connectivity index (χ3n) is 2.97. The van der Waals surface area contributed by atoms with E-state index in [0.29, 0.717) is 11.0 Å². The van der Waals surface area contributed by atoms with E-state index < -0.39 is 6.10 Å². The first-order valence-electron chi connectivity index (χ1n) is 5.88. The molecule has 0 saturated carbocycles. The van der Waals surface area contributed by atoms with Gasteiger partial charge < -0.3 is 10.1 Å². The maximum absolute atomic E-state index is 11.5. The highest BCUT2D eigenvalue weighted by atomic mass is 16.3. The van der Waals surface area contributed by atoms with Gasteiger partial charge in [-0.25, -0.2) is 9.67 Å². The Balaban J connectivity index is 1.94. The molecular formula is C13H12N4O2. The van der Waals surface area contributed by atoms with Crippen LogP contribution in [0.25, 0.3) is 11.0 Å². The number of aliphatic hydroxyl groups excluding tert-OH is 1. The SMILES string of the molecule is O=c1[nH]cnc2c1cnn2CC(O)c1ccccc1. The van der Waals surface area contributed by atoms with Crippen molar-refractivity contribution in [3.63, 3.8) is 0 Å². The highest BCUT2D eigenvalue weighted by Crippen LogP contribution is 2.16. The Morgan fingerprint density at radius 2 is 2.11 bits per heavy atom. The second-order valence-electron chi connectivity index (χ2n) is 4.22. The average molecular weight is 256 g/mol. The predicted octanol–water partition coefficient (Wildman–Crippen LogP) is 0.853. The summed E-state index contributed by atoms with van der Waals surface area (Å²) in [6.45, 7) is 0.254. The number of nitrogens with one attached hydrogen (secondary N) is 1. The Hall–Kier alpha value is -2.47. The number of nitrogens with zero attached hydrogens (tertiary/aromatic N) is 3. The van der Waals surface area contributed by atoms with Crippen molar-refractivity contribution in [2.45, 2.75) is 12.6 Å². The molecule has 3 rings (SSSR count). The number of hydrogen-bond acceptors (Lipinski definition) is 4. The van der Waals surface area contributed by atoms with Crippen LogP contribution in [-0.2, 0) is 6.54 Å². The minimum atomic E-state index is -0.689. The number of aromatic amines is 1. The molecule has 0 saturated heterocycles. The minimum absolute atomic E-state index is 0.231. The van der Waals surface area contributed by atoms with Crippen molar-refractivity contribution in [1.29, 1.82) is 0 Å². The van der Waals surface area contributed by atoms with Gasteiger partial charge in [0, 0.05) is 0 Å². The predicted molar refractivity (Wildman–Crippen MR) is 69.6 cm³/mol. The van der Waals surface area contributed by atoms with E-state index in [1.165, 1.54) is 17.2 Å². The molecule has 3 aromatic rings. The first-order chi connectivity index (χ1) is 9.25. The van der Waals surface area contributed by atoms with Gasteiger partial charge in [-0.2, -0.15) is 5.10 Å². The van der Waals surface area contributed by atoms with Crippen molar-refractivity contribution < 1.29 is 5.11 Å². The summed E-state index contributed by atoms with van der Waals surface area (Å²) >= 11 is 0. The Morgan fingerprint density at radius 1 is 1.32 bits per heavy atom. The molecule has 0 amide bonds. The Bertz CT molecular complexity index is 748. The van der Waals surface area contributed by atoms with E-state index in [4.69, 9.17) is 0 Å². The van der Waals surface area contributed by atoms with Crippen LogP contribution in [0.3, 0.4) is 0 Å². The van der Waals surface area contributed by atoms with E-state index in [2.05, 4.69) is 15.1 Å². The summed E-state index contributed by atoms with van der Waals surface area (Å²) in [5.41, 5.74) is 1.04. The number of fused-ring (bicyclic) bond motifs is 1. The Morgan fingerprint density at radius 3 is 2.89 bits per heavy atom. The van der Waals surface area contributed by atoms with E-state index in [9.17, 15) is 9.90 Å². The highest BCUT2D eigenvalue weighted by Gasteiger charge is 2.12. The van der Waals surface area contributed by atoms with Gasteiger partial charge in [0.25, 0.3) is 5.56 Å². The zero-order valence-electron chi connectivity index (χ0n) is 10.0. The van der Waals surface area contributed by atoms with E-state index >= 15 is 0 Å². The lowest BCUT2D eigenvalue weighted by Gasteiger charge is -2.11. The lowest BCUT2D eigenvalue weighted by molar-refractivity contribution is 0.153. The van der Waals surface area contributed by atoms with E-state index in [1.54, 1.807) is 0 Å². The maximum atomic E-state index is 11.5. The van der Waals surface area contributed by atoms with Crippen LogP contribution in [0.15, 0.2) is 47.7 Å². The number of rotatable bonds is 3. The van der Waals surface area contributed by atoms with Crippen LogP contribution in [0.4, 0.5) is 0 Å². The number of benzene rings is 1. The summed E-state index contributed by atoms with van der Waals surface area (Å²) in [5.74, 6) is 0. The van der Waals surface area contributed by atoms with Crippen molar-refractivity contribution in [2.75, 3.05) is 0 Å². The Labute approximate surface area is 108 Å². The normalized spacial score (nSPS) is 12.7. The first-order valence-corrected chi connectivity index (χ1v) is 5.88. The van der Waals surface area contributed by atoms with Gasteiger partial charge in [0.15, 0.2) is 5.65 Å². The van der Waals surface area contributed by atoms with Gasteiger partial charge in [0.1, 0.15) is 5.39 Å². The van der Waals surface area contributed by atoms with E-state index in [1.807, 2.05) is 30.3 Å². The molecular weight excluding hydrogens is 244 g/mol. The molecule has 6 heteroatoms. The lowest BCUT2D eigenvalue weighted by atomic mass is 10.1. The van der Waals surface area contributed by atoms with Gasteiger partial charge in [-0.05, 0) is 5.56 Å². The van der Waals surface area contributed by atoms with Crippen LogP contribution in [0.2, 0.25) is 0 Å². The van der Waals surface area contributed by atoms with Crippen LogP contribution in [-0.4, -0.2) is 24.9 Å². The number of H-pyrrole nitrogens is 1. The van der Waals surface area contributed by atoms with Crippen LogP contribution in [0.5, 0.6) is 0 Å². The van der Waals surface area contributed by atoms with Gasteiger partial charge in [0.2, 0.25) is 0 Å². The molecule has 2 N–H and O–H groups in total. The fraction of sp³-hybridized carbons (Fsp3) is 0.154. The Kier molecular flexibility index (Phi) is 2.85. The molecule has 2 heterocycles. The molecule has 96 valence electrons. The molecule has 0 spiro atoms. The van der Waals surface area contributed by atoms with Crippen molar-refractivity contribution in [1.82, 2.24) is 19.7 Å². The smallest absolute Gasteiger partial charge is 0.261 e.